The Morgan fingerprint density at radius 3 is 3.14 bits per heavy atom. The number of aromatic carboxylic acids is 1. The Hall–Kier alpha value is -0.940. The topological polar surface area (TPSA) is 59.7 Å². The molecule has 0 saturated heterocycles. The van der Waals surface area contributed by atoms with Crippen molar-refractivity contribution in [2.24, 2.45) is 0 Å². The number of furan rings is 1. The fourth-order valence-corrected chi connectivity index (χ4v) is 1.79. The zero-order valence-electron chi connectivity index (χ0n) is 7.86. The van der Waals surface area contributed by atoms with Gasteiger partial charge in [0.1, 0.15) is 11.3 Å². The number of carbonyl (C=O) groups is 1. The highest BCUT2D eigenvalue weighted by Gasteiger charge is 2.12. The van der Waals surface area contributed by atoms with Crippen LogP contribution in [0.25, 0.3) is 0 Å². The highest BCUT2D eigenvalue weighted by Crippen LogP contribution is 2.17. The van der Waals surface area contributed by atoms with Gasteiger partial charge in [0.05, 0.1) is 18.6 Å². The first-order valence-corrected chi connectivity index (χ1v) is 5.27. The largest absolute Gasteiger partial charge is 0.478 e. The molecular weight excluding hydrogens is 204 g/mol. The van der Waals surface area contributed by atoms with Crippen LogP contribution in [0.5, 0.6) is 0 Å². The zero-order chi connectivity index (χ0) is 10.4. The van der Waals surface area contributed by atoms with E-state index in [2.05, 4.69) is 0 Å². The lowest BCUT2D eigenvalue weighted by Gasteiger charge is -1.99. The summed E-state index contributed by atoms with van der Waals surface area (Å²) < 4.78 is 9.93. The predicted octanol–water partition coefficient (Wildman–Crippen LogP) is 1.86. The van der Waals surface area contributed by atoms with Gasteiger partial charge in [-0.05, 0) is 6.07 Å². The monoisotopic (exact) mass is 216 g/mol. The molecule has 0 aromatic carbocycles. The van der Waals surface area contributed by atoms with Crippen molar-refractivity contribution in [3.8, 4) is 0 Å². The van der Waals surface area contributed by atoms with Crippen LogP contribution in [0.2, 0.25) is 0 Å². The van der Waals surface area contributed by atoms with Crippen molar-refractivity contribution >= 4 is 17.7 Å². The van der Waals surface area contributed by atoms with Gasteiger partial charge >= 0.3 is 5.97 Å². The normalized spacial score (nSPS) is 10.4. The third kappa shape index (κ3) is 3.08. The lowest BCUT2D eigenvalue weighted by molar-refractivity contribution is 0.0695. The van der Waals surface area contributed by atoms with E-state index in [1.165, 1.54) is 12.3 Å². The van der Waals surface area contributed by atoms with Crippen molar-refractivity contribution in [1.82, 2.24) is 0 Å². The summed E-state index contributed by atoms with van der Waals surface area (Å²) in [5, 5.41) is 8.76. The molecule has 1 N–H and O–H groups in total. The second-order valence-corrected chi connectivity index (χ2v) is 3.71. The average Bonchev–Trinajstić information content (AvgIpc) is 2.60. The van der Waals surface area contributed by atoms with E-state index in [0.717, 1.165) is 5.75 Å². The maximum absolute atomic E-state index is 10.7. The smallest absolute Gasteiger partial charge is 0.339 e. The van der Waals surface area contributed by atoms with Crippen molar-refractivity contribution in [2.45, 2.75) is 5.75 Å². The van der Waals surface area contributed by atoms with Crippen LogP contribution >= 0.6 is 11.8 Å². The minimum absolute atomic E-state index is 0.245. The van der Waals surface area contributed by atoms with Crippen molar-refractivity contribution < 1.29 is 19.1 Å². The molecule has 0 aliphatic rings. The van der Waals surface area contributed by atoms with Crippen LogP contribution in [0.3, 0.4) is 0 Å². The van der Waals surface area contributed by atoms with E-state index in [-0.39, 0.29) is 5.56 Å². The van der Waals surface area contributed by atoms with Gasteiger partial charge < -0.3 is 14.3 Å². The van der Waals surface area contributed by atoms with Gasteiger partial charge in [-0.1, -0.05) is 0 Å². The standard InChI is InChI=1S/C9H12O4S/c1-12-4-5-14-6-8-7(9(10)11)2-3-13-8/h2-3H,4-6H2,1H3,(H,10,11). The fraction of sp³-hybridized carbons (Fsp3) is 0.444. The number of carboxylic acid groups (broad SMARTS) is 1. The van der Waals surface area contributed by atoms with Crippen molar-refractivity contribution in [1.29, 1.82) is 0 Å². The van der Waals surface area contributed by atoms with E-state index in [0.29, 0.717) is 18.1 Å². The van der Waals surface area contributed by atoms with Crippen LogP contribution in [0, 0.1) is 0 Å². The number of methoxy groups -OCH3 is 1. The molecule has 1 heterocycles. The highest BCUT2D eigenvalue weighted by atomic mass is 32.2. The van der Waals surface area contributed by atoms with Gasteiger partial charge in [0.2, 0.25) is 0 Å². The van der Waals surface area contributed by atoms with Gasteiger partial charge in [0.15, 0.2) is 0 Å². The van der Waals surface area contributed by atoms with Crippen LogP contribution in [0.1, 0.15) is 16.1 Å². The van der Waals surface area contributed by atoms with Gasteiger partial charge in [0.25, 0.3) is 0 Å². The van der Waals surface area contributed by atoms with E-state index in [9.17, 15) is 4.79 Å². The summed E-state index contributed by atoms with van der Waals surface area (Å²) in [6.45, 7) is 0.660. The molecule has 0 saturated carbocycles. The number of hydrogen-bond donors (Lipinski definition) is 1. The minimum Gasteiger partial charge on any atom is -0.478 e. The van der Waals surface area contributed by atoms with Gasteiger partial charge in [-0.3, -0.25) is 0 Å². The second kappa shape index (κ2) is 5.72. The number of thioether (sulfide) groups is 1. The maximum atomic E-state index is 10.7. The van der Waals surface area contributed by atoms with Gasteiger partial charge in [0, 0.05) is 12.9 Å². The van der Waals surface area contributed by atoms with Crippen LogP contribution in [0.15, 0.2) is 16.7 Å². The van der Waals surface area contributed by atoms with Crippen molar-refractivity contribution in [2.75, 3.05) is 19.5 Å². The molecule has 1 aromatic heterocycles. The average molecular weight is 216 g/mol. The van der Waals surface area contributed by atoms with E-state index in [1.807, 2.05) is 0 Å². The fourth-order valence-electron chi connectivity index (χ4n) is 0.950. The first-order chi connectivity index (χ1) is 6.75. The van der Waals surface area contributed by atoms with Gasteiger partial charge in [-0.15, -0.1) is 0 Å². The first-order valence-electron chi connectivity index (χ1n) is 4.12. The molecular formula is C9H12O4S. The third-order valence-corrected chi connectivity index (χ3v) is 2.56. The molecule has 14 heavy (non-hydrogen) atoms. The second-order valence-electron chi connectivity index (χ2n) is 2.61. The third-order valence-electron chi connectivity index (χ3n) is 1.64. The van der Waals surface area contributed by atoms with E-state index in [4.69, 9.17) is 14.3 Å². The van der Waals surface area contributed by atoms with E-state index in [1.54, 1.807) is 18.9 Å². The summed E-state index contributed by atoms with van der Waals surface area (Å²) in [4.78, 5) is 10.7. The number of ether oxygens (including phenoxy) is 1. The molecule has 0 atom stereocenters. The molecule has 0 fully saturated rings. The Balaban J connectivity index is 2.42. The molecule has 0 amide bonds. The molecule has 0 unspecified atom stereocenters. The van der Waals surface area contributed by atoms with Crippen LogP contribution in [-0.4, -0.2) is 30.5 Å². The predicted molar refractivity (Wildman–Crippen MR) is 53.7 cm³/mol. The Morgan fingerprint density at radius 1 is 1.71 bits per heavy atom. The molecule has 0 aliphatic carbocycles. The van der Waals surface area contributed by atoms with Crippen LogP contribution < -0.4 is 0 Å². The SMILES string of the molecule is COCCSCc1occc1C(=O)O. The molecule has 0 radical (unpaired) electrons. The summed E-state index contributed by atoms with van der Waals surface area (Å²) in [5.74, 6) is 0.966. The summed E-state index contributed by atoms with van der Waals surface area (Å²) in [5.41, 5.74) is 0.245. The number of hydrogen-bond acceptors (Lipinski definition) is 4. The van der Waals surface area contributed by atoms with E-state index >= 15 is 0 Å². The molecule has 1 rings (SSSR count). The van der Waals surface area contributed by atoms with Gasteiger partial charge in [-0.2, -0.15) is 11.8 Å². The molecule has 0 aliphatic heterocycles. The Kier molecular flexibility index (Phi) is 4.55. The van der Waals surface area contributed by atoms with Crippen LogP contribution in [-0.2, 0) is 10.5 Å². The van der Waals surface area contributed by atoms with Gasteiger partial charge in [-0.25, -0.2) is 4.79 Å². The molecule has 0 spiro atoms. The Labute approximate surface area is 86.2 Å². The quantitative estimate of drug-likeness (QED) is 0.735. The zero-order valence-corrected chi connectivity index (χ0v) is 8.67. The molecule has 78 valence electrons. The van der Waals surface area contributed by atoms with Crippen molar-refractivity contribution in [3.63, 3.8) is 0 Å². The highest BCUT2D eigenvalue weighted by molar-refractivity contribution is 7.98. The minimum atomic E-state index is -0.943. The summed E-state index contributed by atoms with van der Waals surface area (Å²) in [7, 11) is 1.64. The number of rotatable bonds is 6. The number of carboxylic acids is 1. The van der Waals surface area contributed by atoms with Crippen molar-refractivity contribution in [3.05, 3.63) is 23.7 Å². The Morgan fingerprint density at radius 2 is 2.50 bits per heavy atom. The molecule has 5 heteroatoms. The maximum Gasteiger partial charge on any atom is 0.339 e. The van der Waals surface area contributed by atoms with Crippen LogP contribution in [0.4, 0.5) is 0 Å². The lowest BCUT2D eigenvalue weighted by Crippen LogP contribution is -1.98. The summed E-state index contributed by atoms with van der Waals surface area (Å²) >= 11 is 1.59. The molecule has 0 bridgehead atoms. The Bertz CT molecular complexity index is 295. The summed E-state index contributed by atoms with van der Waals surface area (Å²) in [6, 6.07) is 1.47. The summed E-state index contributed by atoms with van der Waals surface area (Å²) in [6.07, 6.45) is 1.40. The first kappa shape index (κ1) is 11.1. The molecule has 4 nitrogen and oxygen atoms in total. The lowest BCUT2D eigenvalue weighted by atomic mass is 10.3. The van der Waals surface area contributed by atoms with E-state index < -0.39 is 5.97 Å². The molecule has 1 aromatic rings.